The second kappa shape index (κ2) is 6.58. The van der Waals surface area contributed by atoms with Gasteiger partial charge in [0.2, 0.25) is 0 Å². The molecule has 1 fully saturated rings. The summed E-state index contributed by atoms with van der Waals surface area (Å²) >= 11 is 0. The summed E-state index contributed by atoms with van der Waals surface area (Å²) in [6.45, 7) is 2.17. The van der Waals surface area contributed by atoms with Gasteiger partial charge in [0.1, 0.15) is 5.82 Å². The molecule has 0 amide bonds. The summed E-state index contributed by atoms with van der Waals surface area (Å²) < 4.78 is 38.5. The van der Waals surface area contributed by atoms with Crippen LogP contribution in [-0.4, -0.2) is 47.2 Å². The molecule has 1 aliphatic rings. The summed E-state index contributed by atoms with van der Waals surface area (Å²) in [5.74, 6) is -0.595. The average molecular weight is 352 g/mol. The Kier molecular flexibility index (Phi) is 4.47. The van der Waals surface area contributed by atoms with Crippen LogP contribution in [0.3, 0.4) is 0 Å². The van der Waals surface area contributed by atoms with Gasteiger partial charge in [-0.15, -0.1) is 0 Å². The molecule has 0 spiro atoms. The zero-order chi connectivity index (χ0) is 18.0. The molecule has 9 heteroatoms. The van der Waals surface area contributed by atoms with E-state index in [4.69, 9.17) is 5.11 Å². The minimum absolute atomic E-state index is 0.133. The summed E-state index contributed by atoms with van der Waals surface area (Å²) in [6, 6.07) is 5.27. The van der Waals surface area contributed by atoms with Gasteiger partial charge in [-0.05, 0) is 18.2 Å². The molecule has 3 rings (SSSR count). The first-order valence-corrected chi connectivity index (χ1v) is 7.57. The van der Waals surface area contributed by atoms with E-state index in [0.29, 0.717) is 37.7 Å². The predicted molar refractivity (Wildman–Crippen MR) is 84.9 cm³/mol. The minimum atomic E-state index is -4.36. The second-order valence-electron chi connectivity index (χ2n) is 5.59. The van der Waals surface area contributed by atoms with E-state index in [9.17, 15) is 18.0 Å². The van der Waals surface area contributed by atoms with E-state index in [1.165, 1.54) is 18.5 Å². The van der Waals surface area contributed by atoms with Crippen LogP contribution >= 0.6 is 0 Å². The van der Waals surface area contributed by atoms with Crippen LogP contribution in [0.5, 0.6) is 0 Å². The Morgan fingerprint density at radius 3 is 2.28 bits per heavy atom. The fourth-order valence-electron chi connectivity index (χ4n) is 2.67. The van der Waals surface area contributed by atoms with Crippen molar-refractivity contribution in [2.24, 2.45) is 0 Å². The first-order valence-electron chi connectivity index (χ1n) is 7.57. The largest absolute Gasteiger partial charge is 0.476 e. The number of halogens is 3. The fourth-order valence-corrected chi connectivity index (χ4v) is 2.67. The lowest BCUT2D eigenvalue weighted by molar-refractivity contribution is -0.137. The van der Waals surface area contributed by atoms with E-state index in [0.717, 1.165) is 12.1 Å². The van der Waals surface area contributed by atoms with Crippen molar-refractivity contribution in [3.63, 3.8) is 0 Å². The Bertz CT molecular complexity index is 757. The highest BCUT2D eigenvalue weighted by atomic mass is 19.4. The van der Waals surface area contributed by atoms with E-state index >= 15 is 0 Å². The molecule has 0 saturated carbocycles. The highest BCUT2D eigenvalue weighted by molar-refractivity contribution is 5.84. The molecule has 0 unspecified atom stereocenters. The maximum absolute atomic E-state index is 12.8. The number of piperazine rings is 1. The number of aromatic nitrogens is 2. The van der Waals surface area contributed by atoms with Crippen LogP contribution in [-0.2, 0) is 6.18 Å². The van der Waals surface area contributed by atoms with Crippen molar-refractivity contribution in [1.82, 2.24) is 9.97 Å². The first-order chi connectivity index (χ1) is 11.8. The number of alkyl halides is 3. The van der Waals surface area contributed by atoms with Crippen molar-refractivity contribution >= 4 is 17.5 Å². The van der Waals surface area contributed by atoms with Crippen molar-refractivity contribution in [2.75, 3.05) is 36.0 Å². The van der Waals surface area contributed by atoms with Gasteiger partial charge in [-0.2, -0.15) is 13.2 Å². The quantitative estimate of drug-likeness (QED) is 0.915. The summed E-state index contributed by atoms with van der Waals surface area (Å²) in [6.07, 6.45) is -1.78. The monoisotopic (exact) mass is 352 g/mol. The lowest BCUT2D eigenvalue weighted by Gasteiger charge is -2.36. The molecule has 0 radical (unpaired) electrons. The summed E-state index contributed by atoms with van der Waals surface area (Å²) in [4.78, 5) is 22.5. The van der Waals surface area contributed by atoms with Gasteiger partial charge in [0.05, 0.1) is 18.0 Å². The number of benzene rings is 1. The van der Waals surface area contributed by atoms with Gasteiger partial charge in [0.25, 0.3) is 0 Å². The summed E-state index contributed by atoms with van der Waals surface area (Å²) in [7, 11) is 0. The van der Waals surface area contributed by atoms with Crippen molar-refractivity contribution in [1.29, 1.82) is 0 Å². The molecule has 1 aromatic heterocycles. The van der Waals surface area contributed by atoms with Crippen LogP contribution < -0.4 is 9.80 Å². The Hall–Kier alpha value is -2.84. The molecule has 1 N–H and O–H groups in total. The molecule has 0 atom stereocenters. The fraction of sp³-hybridized carbons (Fsp3) is 0.312. The molecule has 0 bridgehead atoms. The number of hydrogen-bond acceptors (Lipinski definition) is 5. The first kappa shape index (κ1) is 17.0. The van der Waals surface area contributed by atoms with Crippen LogP contribution in [0.4, 0.5) is 24.7 Å². The van der Waals surface area contributed by atoms with Crippen molar-refractivity contribution in [3.05, 3.63) is 47.9 Å². The number of rotatable bonds is 3. The Morgan fingerprint density at radius 2 is 1.72 bits per heavy atom. The number of nitrogens with zero attached hydrogens (tertiary/aromatic N) is 4. The molecular weight excluding hydrogens is 337 g/mol. The van der Waals surface area contributed by atoms with Crippen LogP contribution in [0.2, 0.25) is 0 Å². The highest BCUT2D eigenvalue weighted by Gasteiger charge is 2.31. The van der Waals surface area contributed by atoms with Crippen LogP contribution in [0.25, 0.3) is 0 Å². The molecule has 1 aliphatic heterocycles. The number of carbonyl (C=O) groups is 1. The summed E-state index contributed by atoms with van der Waals surface area (Å²) in [5.41, 5.74) is -0.268. The van der Waals surface area contributed by atoms with Crippen molar-refractivity contribution in [3.8, 4) is 0 Å². The standard InChI is InChI=1S/C16H15F3N4O2/c17-16(18,19)11-2-1-3-12(8-11)22-4-6-23(7-5-22)14-10-20-13(9-21-14)15(24)25/h1-3,8-10H,4-7H2,(H,24,25). The van der Waals surface area contributed by atoms with Crippen molar-refractivity contribution in [2.45, 2.75) is 6.18 Å². The highest BCUT2D eigenvalue weighted by Crippen LogP contribution is 2.32. The Balaban J connectivity index is 1.67. The third-order valence-electron chi connectivity index (χ3n) is 4.00. The summed E-state index contributed by atoms with van der Waals surface area (Å²) in [5, 5.41) is 8.82. The molecule has 1 saturated heterocycles. The van der Waals surface area contributed by atoms with E-state index in [1.54, 1.807) is 6.07 Å². The zero-order valence-electron chi connectivity index (χ0n) is 13.1. The smallest absolute Gasteiger partial charge is 0.416 e. The molecular formula is C16H15F3N4O2. The number of hydrogen-bond donors (Lipinski definition) is 1. The van der Waals surface area contributed by atoms with Gasteiger partial charge in [-0.25, -0.2) is 14.8 Å². The topological polar surface area (TPSA) is 69.6 Å². The molecule has 2 aromatic rings. The van der Waals surface area contributed by atoms with Gasteiger partial charge >= 0.3 is 12.1 Å². The lowest BCUT2D eigenvalue weighted by atomic mass is 10.1. The van der Waals surface area contributed by atoms with Gasteiger partial charge in [-0.1, -0.05) is 6.07 Å². The van der Waals surface area contributed by atoms with Gasteiger partial charge in [0, 0.05) is 31.9 Å². The van der Waals surface area contributed by atoms with Gasteiger partial charge in [0.15, 0.2) is 5.69 Å². The third-order valence-corrected chi connectivity index (χ3v) is 4.00. The minimum Gasteiger partial charge on any atom is -0.476 e. The maximum Gasteiger partial charge on any atom is 0.416 e. The van der Waals surface area contributed by atoms with E-state index in [-0.39, 0.29) is 5.69 Å². The maximum atomic E-state index is 12.8. The number of carboxylic acid groups (broad SMARTS) is 1. The zero-order valence-corrected chi connectivity index (χ0v) is 13.1. The molecule has 25 heavy (non-hydrogen) atoms. The number of aromatic carboxylic acids is 1. The molecule has 1 aromatic carbocycles. The molecule has 6 nitrogen and oxygen atoms in total. The van der Waals surface area contributed by atoms with Gasteiger partial charge < -0.3 is 14.9 Å². The van der Waals surface area contributed by atoms with Crippen LogP contribution in [0.15, 0.2) is 36.7 Å². The van der Waals surface area contributed by atoms with Gasteiger partial charge in [-0.3, -0.25) is 0 Å². The molecule has 2 heterocycles. The number of anilines is 2. The Morgan fingerprint density at radius 1 is 1.04 bits per heavy atom. The molecule has 132 valence electrons. The van der Waals surface area contributed by atoms with E-state index in [1.807, 2.05) is 9.80 Å². The van der Waals surface area contributed by atoms with Crippen LogP contribution in [0.1, 0.15) is 16.1 Å². The SMILES string of the molecule is O=C(O)c1cnc(N2CCN(c3cccc(C(F)(F)F)c3)CC2)cn1. The van der Waals surface area contributed by atoms with Crippen molar-refractivity contribution < 1.29 is 23.1 Å². The van der Waals surface area contributed by atoms with E-state index in [2.05, 4.69) is 9.97 Å². The average Bonchev–Trinajstić information content (AvgIpc) is 2.61. The van der Waals surface area contributed by atoms with E-state index < -0.39 is 17.7 Å². The second-order valence-corrected chi connectivity index (χ2v) is 5.59. The third kappa shape index (κ3) is 3.81. The molecule has 0 aliphatic carbocycles. The normalized spacial score (nSPS) is 15.3. The number of carboxylic acids is 1. The van der Waals surface area contributed by atoms with Crippen LogP contribution in [0, 0.1) is 0 Å². The predicted octanol–water partition coefficient (Wildman–Crippen LogP) is 2.52. The lowest BCUT2D eigenvalue weighted by Crippen LogP contribution is -2.47. The Labute approximate surface area is 141 Å².